The molecule has 0 saturated carbocycles. The highest BCUT2D eigenvalue weighted by atomic mass is 32.2. The normalized spacial score (nSPS) is 18.3. The van der Waals surface area contributed by atoms with Crippen LogP contribution in [0.15, 0.2) is 75.4 Å². The smallest absolute Gasteiger partial charge is 0.123 e. The highest BCUT2D eigenvalue weighted by Gasteiger charge is 2.40. The molecule has 0 radical (unpaired) electrons. The monoisotopic (exact) mass is 356 g/mol. The van der Waals surface area contributed by atoms with Gasteiger partial charge in [-0.2, -0.15) is 10.5 Å². The van der Waals surface area contributed by atoms with Gasteiger partial charge in [0, 0.05) is 4.90 Å². The van der Waals surface area contributed by atoms with Crippen molar-refractivity contribution in [3.05, 3.63) is 81.7 Å². The fourth-order valence-electron chi connectivity index (χ4n) is 3.45. The van der Waals surface area contributed by atoms with E-state index in [1.165, 1.54) is 17.3 Å². The van der Waals surface area contributed by atoms with Crippen molar-refractivity contribution in [3.8, 4) is 12.1 Å². The number of para-hydroxylation sites is 1. The van der Waals surface area contributed by atoms with Crippen molar-refractivity contribution in [2.75, 3.05) is 4.90 Å². The third-order valence-electron chi connectivity index (χ3n) is 4.80. The van der Waals surface area contributed by atoms with Gasteiger partial charge in [-0.1, -0.05) is 55.1 Å². The Labute approximate surface area is 156 Å². The molecule has 26 heavy (non-hydrogen) atoms. The Morgan fingerprint density at radius 3 is 2.38 bits per heavy atom. The van der Waals surface area contributed by atoms with E-state index in [9.17, 15) is 10.5 Å². The SMILES string of the molecule is CCc1ccc([C@H]2C(C#N)=C(N)N3C(=C2C#N)Sc2ccccc23)cc1. The van der Waals surface area contributed by atoms with E-state index in [1.54, 1.807) is 0 Å². The van der Waals surface area contributed by atoms with Gasteiger partial charge in [-0.3, -0.25) is 4.90 Å². The molecule has 4 rings (SSSR count). The highest BCUT2D eigenvalue weighted by Crippen LogP contribution is 2.54. The standard InChI is InChI=1S/C21H16N4S/c1-2-13-7-9-14(10-8-13)19-15(11-22)20(24)25-17-5-3-4-6-18(17)26-21(25)16(19)12-23/h3-10,19H,2,24H2,1H3/t19-/m0/s1. The molecule has 0 aliphatic carbocycles. The summed E-state index contributed by atoms with van der Waals surface area (Å²) < 4.78 is 0. The highest BCUT2D eigenvalue weighted by molar-refractivity contribution is 8.03. The van der Waals surface area contributed by atoms with E-state index >= 15 is 0 Å². The van der Waals surface area contributed by atoms with Gasteiger partial charge in [0.2, 0.25) is 0 Å². The fraction of sp³-hybridized carbons (Fsp3) is 0.143. The number of hydrogen-bond donors (Lipinski definition) is 1. The summed E-state index contributed by atoms with van der Waals surface area (Å²) in [4.78, 5) is 2.88. The molecule has 2 aromatic rings. The van der Waals surface area contributed by atoms with Gasteiger partial charge in [0.1, 0.15) is 10.9 Å². The van der Waals surface area contributed by atoms with Crippen LogP contribution in [0.5, 0.6) is 0 Å². The Morgan fingerprint density at radius 1 is 1.04 bits per heavy atom. The first kappa shape index (κ1) is 16.3. The molecule has 0 fully saturated rings. The number of nitrogens with two attached hydrogens (primary N) is 1. The van der Waals surface area contributed by atoms with Crippen LogP contribution in [0, 0.1) is 22.7 Å². The molecule has 0 amide bonds. The molecule has 126 valence electrons. The summed E-state index contributed by atoms with van der Waals surface area (Å²) in [5, 5.41) is 20.6. The molecule has 2 aliphatic rings. The van der Waals surface area contributed by atoms with Gasteiger partial charge in [-0.25, -0.2) is 0 Å². The third kappa shape index (κ3) is 2.29. The Balaban J connectivity index is 1.92. The van der Waals surface area contributed by atoms with Crippen LogP contribution in [0.3, 0.4) is 0 Å². The summed E-state index contributed by atoms with van der Waals surface area (Å²) in [6, 6.07) is 20.5. The van der Waals surface area contributed by atoms with Crippen molar-refractivity contribution >= 4 is 17.4 Å². The average molecular weight is 356 g/mol. The number of hydrogen-bond acceptors (Lipinski definition) is 5. The quantitative estimate of drug-likeness (QED) is 0.863. The number of thioether (sulfide) groups is 1. The van der Waals surface area contributed by atoms with Crippen molar-refractivity contribution in [3.63, 3.8) is 0 Å². The molecule has 1 atom stereocenters. The van der Waals surface area contributed by atoms with Gasteiger partial charge >= 0.3 is 0 Å². The number of aryl methyl sites for hydroxylation is 1. The predicted octanol–water partition coefficient (Wildman–Crippen LogP) is 4.39. The zero-order chi connectivity index (χ0) is 18.3. The van der Waals surface area contributed by atoms with Crippen molar-refractivity contribution in [1.82, 2.24) is 0 Å². The van der Waals surface area contributed by atoms with Gasteiger partial charge < -0.3 is 5.73 Å². The van der Waals surface area contributed by atoms with E-state index in [2.05, 4.69) is 19.1 Å². The summed E-state index contributed by atoms with van der Waals surface area (Å²) in [7, 11) is 0. The van der Waals surface area contributed by atoms with Crippen LogP contribution in [0.25, 0.3) is 0 Å². The largest absolute Gasteiger partial charge is 0.384 e. The summed E-state index contributed by atoms with van der Waals surface area (Å²) in [5.74, 6) is -0.0208. The molecular formula is C21H16N4S. The fourth-order valence-corrected chi connectivity index (χ4v) is 4.63. The van der Waals surface area contributed by atoms with Gasteiger partial charge in [0.25, 0.3) is 0 Å². The Kier molecular flexibility index (Phi) is 3.95. The van der Waals surface area contributed by atoms with Crippen molar-refractivity contribution in [2.24, 2.45) is 5.73 Å². The summed E-state index contributed by atoms with van der Waals surface area (Å²) in [6.07, 6.45) is 0.944. The van der Waals surface area contributed by atoms with E-state index in [0.717, 1.165) is 27.6 Å². The van der Waals surface area contributed by atoms with E-state index in [-0.39, 0.29) is 0 Å². The zero-order valence-corrected chi connectivity index (χ0v) is 15.0. The number of fused-ring (bicyclic) bond motifs is 3. The van der Waals surface area contributed by atoms with Crippen LogP contribution in [0.2, 0.25) is 0 Å². The molecule has 0 saturated heterocycles. The molecule has 5 heteroatoms. The zero-order valence-electron chi connectivity index (χ0n) is 14.2. The lowest BCUT2D eigenvalue weighted by molar-refractivity contribution is 0.883. The minimum absolute atomic E-state index is 0.406. The molecule has 2 heterocycles. The Morgan fingerprint density at radius 2 is 1.73 bits per heavy atom. The maximum Gasteiger partial charge on any atom is 0.123 e. The lowest BCUT2D eigenvalue weighted by Gasteiger charge is -2.31. The van der Waals surface area contributed by atoms with Gasteiger partial charge in [0.15, 0.2) is 0 Å². The van der Waals surface area contributed by atoms with Crippen LogP contribution >= 0.6 is 11.8 Å². The van der Waals surface area contributed by atoms with Crippen molar-refractivity contribution in [2.45, 2.75) is 24.2 Å². The van der Waals surface area contributed by atoms with Crippen molar-refractivity contribution in [1.29, 1.82) is 10.5 Å². The van der Waals surface area contributed by atoms with E-state index in [1.807, 2.05) is 53.4 Å². The molecule has 0 unspecified atom stereocenters. The number of rotatable bonds is 2. The lowest BCUT2D eigenvalue weighted by atomic mass is 9.83. The summed E-state index contributed by atoms with van der Waals surface area (Å²) in [6.45, 7) is 2.10. The summed E-state index contributed by atoms with van der Waals surface area (Å²) >= 11 is 1.53. The number of allylic oxidation sites excluding steroid dienone is 2. The molecule has 4 nitrogen and oxygen atoms in total. The molecule has 0 aromatic heterocycles. The topological polar surface area (TPSA) is 76.8 Å². The maximum absolute atomic E-state index is 9.93. The molecule has 2 aromatic carbocycles. The summed E-state index contributed by atoms with van der Waals surface area (Å²) in [5.41, 5.74) is 10.5. The third-order valence-corrected chi connectivity index (χ3v) is 5.96. The maximum atomic E-state index is 9.93. The minimum atomic E-state index is -0.427. The van der Waals surface area contributed by atoms with Gasteiger partial charge in [0.05, 0.1) is 34.9 Å². The Hall–Kier alpha value is -3.15. The number of nitrogens with zero attached hydrogens (tertiary/aromatic N) is 3. The van der Waals surface area contributed by atoms with E-state index in [4.69, 9.17) is 5.73 Å². The number of nitriles is 2. The first-order valence-corrected chi connectivity index (χ1v) is 9.21. The second-order valence-electron chi connectivity index (χ2n) is 6.17. The second-order valence-corrected chi connectivity index (χ2v) is 7.21. The Bertz CT molecular complexity index is 1030. The van der Waals surface area contributed by atoms with Gasteiger partial charge in [-0.05, 0) is 29.7 Å². The molecule has 0 bridgehead atoms. The molecule has 0 spiro atoms. The lowest BCUT2D eigenvalue weighted by Crippen LogP contribution is -2.32. The van der Waals surface area contributed by atoms with Crippen LogP contribution in [0.4, 0.5) is 5.69 Å². The van der Waals surface area contributed by atoms with Crippen LogP contribution in [0.1, 0.15) is 24.0 Å². The number of benzene rings is 2. The minimum Gasteiger partial charge on any atom is -0.384 e. The van der Waals surface area contributed by atoms with E-state index < -0.39 is 5.92 Å². The first-order chi connectivity index (χ1) is 12.7. The van der Waals surface area contributed by atoms with E-state index in [0.29, 0.717) is 17.0 Å². The molecule has 2 N–H and O–H groups in total. The first-order valence-electron chi connectivity index (χ1n) is 8.39. The second kappa shape index (κ2) is 6.29. The van der Waals surface area contributed by atoms with Crippen molar-refractivity contribution < 1.29 is 0 Å². The molecular weight excluding hydrogens is 340 g/mol. The number of anilines is 1. The molecule has 2 aliphatic heterocycles. The predicted molar refractivity (Wildman–Crippen MR) is 103 cm³/mol. The van der Waals surface area contributed by atoms with Gasteiger partial charge in [-0.15, -0.1) is 0 Å². The average Bonchev–Trinajstić information content (AvgIpc) is 3.07. The van der Waals surface area contributed by atoms with Crippen LogP contribution < -0.4 is 10.6 Å². The van der Waals surface area contributed by atoms with Crippen LogP contribution in [-0.2, 0) is 6.42 Å². The van der Waals surface area contributed by atoms with Crippen LogP contribution in [-0.4, -0.2) is 0 Å².